The Hall–Kier alpha value is -2.95. The van der Waals surface area contributed by atoms with Crippen LogP contribution in [0.3, 0.4) is 0 Å². The van der Waals surface area contributed by atoms with E-state index in [1.54, 1.807) is 0 Å². The van der Waals surface area contributed by atoms with Crippen LogP contribution in [0.5, 0.6) is 0 Å². The number of rotatable bonds is 3. The number of halogens is 6. The zero-order valence-electron chi connectivity index (χ0n) is 16.6. The average molecular weight is 475 g/mol. The van der Waals surface area contributed by atoms with Crippen molar-refractivity contribution in [2.75, 3.05) is 23.4 Å². The van der Waals surface area contributed by atoms with Crippen LogP contribution in [0, 0.1) is 11.6 Å². The Bertz CT molecular complexity index is 1120. The molecular weight excluding hydrogens is 459 g/mol. The minimum absolute atomic E-state index is 0.0869. The zero-order valence-corrected chi connectivity index (χ0v) is 17.3. The van der Waals surface area contributed by atoms with E-state index in [4.69, 9.17) is 11.6 Å². The second-order valence-corrected chi connectivity index (χ2v) is 7.85. The molecule has 1 aliphatic carbocycles. The van der Waals surface area contributed by atoms with Crippen LogP contribution in [0.2, 0.25) is 5.02 Å². The molecule has 2 heterocycles. The lowest BCUT2D eigenvalue weighted by Gasteiger charge is -2.27. The van der Waals surface area contributed by atoms with Gasteiger partial charge in [-0.05, 0) is 43.0 Å². The van der Waals surface area contributed by atoms with E-state index in [0.29, 0.717) is 12.8 Å². The monoisotopic (exact) mass is 474 g/mol. The minimum Gasteiger partial charge on any atom is -0.335 e. The summed E-state index contributed by atoms with van der Waals surface area (Å²) in [6.45, 7) is -0.237. The lowest BCUT2D eigenvalue weighted by atomic mass is 10.1. The van der Waals surface area contributed by atoms with E-state index < -0.39 is 46.4 Å². The molecule has 1 N–H and O–H groups in total. The summed E-state index contributed by atoms with van der Waals surface area (Å²) in [5.41, 5.74) is -0.932. The molecule has 0 spiro atoms. The number of anilines is 2. The zero-order chi connectivity index (χ0) is 23.4. The van der Waals surface area contributed by atoms with E-state index in [0.717, 1.165) is 28.0 Å². The molecule has 32 heavy (non-hydrogen) atoms. The molecule has 1 aromatic heterocycles. The van der Waals surface area contributed by atoms with Crippen LogP contribution in [0.1, 0.15) is 23.2 Å². The number of hydrogen-bond acceptors (Lipinski definition) is 3. The van der Waals surface area contributed by atoms with Gasteiger partial charge in [0.1, 0.15) is 22.7 Å². The first-order valence-corrected chi connectivity index (χ1v) is 9.96. The molecular formula is C20H16ClF5N4O2. The number of pyridine rings is 1. The van der Waals surface area contributed by atoms with Gasteiger partial charge in [0.25, 0.3) is 5.91 Å². The SMILES string of the molecule is CN(C(=O)[C@@H]1CNC(=O)N1c1cc(C(F)(F)F)c2c(n1)CCC2)c1ccc(F)c(Cl)c1F. The van der Waals surface area contributed by atoms with Gasteiger partial charge in [0.05, 0.1) is 11.3 Å². The number of alkyl halides is 3. The largest absolute Gasteiger partial charge is 0.416 e. The van der Waals surface area contributed by atoms with Crippen LogP contribution in [-0.4, -0.2) is 36.6 Å². The predicted molar refractivity (Wildman–Crippen MR) is 106 cm³/mol. The van der Waals surface area contributed by atoms with Crippen LogP contribution in [-0.2, 0) is 23.8 Å². The first kappa shape index (κ1) is 22.3. The molecule has 2 aliphatic rings. The number of urea groups is 1. The number of nitrogens with one attached hydrogen (secondary N) is 1. The Labute approximate surface area is 184 Å². The molecule has 170 valence electrons. The van der Waals surface area contributed by atoms with Gasteiger partial charge in [0.2, 0.25) is 0 Å². The van der Waals surface area contributed by atoms with Gasteiger partial charge in [-0.25, -0.2) is 18.6 Å². The fraction of sp³-hybridized carbons (Fsp3) is 0.350. The number of benzene rings is 1. The first-order chi connectivity index (χ1) is 15.0. The number of likely N-dealkylation sites (N-methyl/N-ethyl adjacent to an activating group) is 1. The van der Waals surface area contributed by atoms with Gasteiger partial charge < -0.3 is 10.2 Å². The highest BCUT2D eigenvalue weighted by Gasteiger charge is 2.43. The second-order valence-electron chi connectivity index (χ2n) is 7.47. The fourth-order valence-corrected chi connectivity index (χ4v) is 4.14. The topological polar surface area (TPSA) is 65.5 Å². The van der Waals surface area contributed by atoms with Crippen molar-refractivity contribution in [1.82, 2.24) is 10.3 Å². The van der Waals surface area contributed by atoms with Crippen LogP contribution >= 0.6 is 11.6 Å². The third kappa shape index (κ3) is 3.64. The number of hydrogen-bond donors (Lipinski definition) is 1. The van der Waals surface area contributed by atoms with Crippen LogP contribution in [0.15, 0.2) is 18.2 Å². The van der Waals surface area contributed by atoms with E-state index in [1.807, 2.05) is 0 Å². The van der Waals surface area contributed by atoms with Gasteiger partial charge in [0, 0.05) is 19.3 Å². The predicted octanol–water partition coefficient (Wildman–Crippen LogP) is 4.08. The van der Waals surface area contributed by atoms with Gasteiger partial charge >= 0.3 is 12.2 Å². The summed E-state index contributed by atoms with van der Waals surface area (Å²) in [6, 6.07) is 0.512. The molecule has 1 aliphatic heterocycles. The van der Waals surface area contributed by atoms with Crippen LogP contribution in [0.25, 0.3) is 0 Å². The van der Waals surface area contributed by atoms with Crippen LogP contribution in [0.4, 0.5) is 38.3 Å². The molecule has 12 heteroatoms. The third-order valence-electron chi connectivity index (χ3n) is 5.56. The Morgan fingerprint density at radius 3 is 2.69 bits per heavy atom. The molecule has 1 aromatic carbocycles. The highest BCUT2D eigenvalue weighted by Crippen LogP contribution is 2.39. The maximum Gasteiger partial charge on any atom is 0.416 e. The highest BCUT2D eigenvalue weighted by atomic mass is 35.5. The van der Waals surface area contributed by atoms with E-state index in [-0.39, 0.29) is 35.7 Å². The summed E-state index contributed by atoms with van der Waals surface area (Å²) in [5, 5.41) is 1.59. The van der Waals surface area contributed by atoms with E-state index in [9.17, 15) is 31.5 Å². The van der Waals surface area contributed by atoms with Crippen molar-refractivity contribution in [1.29, 1.82) is 0 Å². The van der Waals surface area contributed by atoms with Gasteiger partial charge in [-0.2, -0.15) is 13.2 Å². The normalized spacial score (nSPS) is 18.0. The van der Waals surface area contributed by atoms with E-state index >= 15 is 0 Å². The molecule has 1 fully saturated rings. The number of aromatic nitrogens is 1. The summed E-state index contributed by atoms with van der Waals surface area (Å²) < 4.78 is 68.7. The third-order valence-corrected chi connectivity index (χ3v) is 5.90. The summed E-state index contributed by atoms with van der Waals surface area (Å²) in [4.78, 5) is 31.4. The molecule has 1 atom stereocenters. The Morgan fingerprint density at radius 1 is 1.28 bits per heavy atom. The Morgan fingerprint density at radius 2 is 2.00 bits per heavy atom. The maximum absolute atomic E-state index is 14.4. The van der Waals surface area contributed by atoms with E-state index in [2.05, 4.69) is 10.3 Å². The number of nitrogens with zero attached hydrogens (tertiary/aromatic N) is 3. The van der Waals surface area contributed by atoms with Crippen molar-refractivity contribution in [2.45, 2.75) is 31.5 Å². The Kier molecular flexibility index (Phi) is 5.48. The van der Waals surface area contributed by atoms with Crippen molar-refractivity contribution in [3.8, 4) is 0 Å². The lowest BCUT2D eigenvalue weighted by Crippen LogP contribution is -2.47. The molecule has 0 unspecified atom stereocenters. The highest BCUT2D eigenvalue weighted by molar-refractivity contribution is 6.31. The van der Waals surface area contributed by atoms with Crippen molar-refractivity contribution >= 4 is 35.0 Å². The molecule has 4 rings (SSSR count). The lowest BCUT2D eigenvalue weighted by molar-refractivity contribution is -0.138. The van der Waals surface area contributed by atoms with Gasteiger partial charge in [-0.15, -0.1) is 0 Å². The summed E-state index contributed by atoms with van der Waals surface area (Å²) >= 11 is 5.57. The van der Waals surface area contributed by atoms with Crippen molar-refractivity contribution < 1.29 is 31.5 Å². The number of carbonyl (C=O) groups excluding carboxylic acids is 2. The van der Waals surface area contributed by atoms with Gasteiger partial charge in [-0.1, -0.05) is 11.6 Å². The molecule has 0 bridgehead atoms. The maximum atomic E-state index is 14.4. The molecule has 6 nitrogen and oxygen atoms in total. The molecule has 0 radical (unpaired) electrons. The average Bonchev–Trinajstić information content (AvgIpc) is 3.35. The fourth-order valence-electron chi connectivity index (χ4n) is 3.98. The minimum atomic E-state index is -4.66. The second kappa shape index (κ2) is 7.88. The number of aryl methyl sites for hydroxylation is 1. The number of amides is 3. The molecule has 1 saturated heterocycles. The number of carbonyl (C=O) groups is 2. The van der Waals surface area contributed by atoms with Crippen molar-refractivity contribution in [3.63, 3.8) is 0 Å². The van der Waals surface area contributed by atoms with Crippen LogP contribution < -0.4 is 15.1 Å². The Balaban J connectivity index is 1.72. The molecule has 0 saturated carbocycles. The standard InChI is InChI=1S/C20H16ClF5N4O2/c1-29(13-6-5-11(22)16(21)17(13)23)18(31)14-8-27-19(32)30(14)15-7-10(20(24,25)26)9-3-2-4-12(9)28-15/h5-7,14H,2-4,8H2,1H3,(H,27,32)/t14-/m0/s1. The van der Waals surface area contributed by atoms with E-state index in [1.165, 1.54) is 7.05 Å². The molecule has 2 aromatic rings. The quantitative estimate of drug-likeness (QED) is 0.538. The summed E-state index contributed by atoms with van der Waals surface area (Å²) in [7, 11) is 1.19. The number of fused-ring (bicyclic) bond motifs is 1. The smallest absolute Gasteiger partial charge is 0.335 e. The van der Waals surface area contributed by atoms with Gasteiger partial charge in [-0.3, -0.25) is 9.69 Å². The first-order valence-electron chi connectivity index (χ1n) is 9.58. The summed E-state index contributed by atoms with van der Waals surface area (Å²) in [6.07, 6.45) is -3.62. The van der Waals surface area contributed by atoms with Crippen molar-refractivity contribution in [2.24, 2.45) is 0 Å². The van der Waals surface area contributed by atoms with Crippen molar-refractivity contribution in [3.05, 3.63) is 51.7 Å². The molecule has 3 amide bonds. The van der Waals surface area contributed by atoms with Gasteiger partial charge in [0.15, 0.2) is 5.82 Å². The summed E-state index contributed by atoms with van der Waals surface area (Å²) in [5.74, 6) is -3.34.